The first-order valence-corrected chi connectivity index (χ1v) is 14.5. The molecule has 0 amide bonds. The molecule has 0 aliphatic heterocycles. The fourth-order valence-electron chi connectivity index (χ4n) is 8.72. The molecule has 34 heavy (non-hydrogen) atoms. The van der Waals surface area contributed by atoms with Gasteiger partial charge in [0.05, 0.1) is 0 Å². The van der Waals surface area contributed by atoms with Gasteiger partial charge in [-0.3, -0.25) is 0 Å². The topological polar surface area (TPSA) is 0 Å². The van der Waals surface area contributed by atoms with Gasteiger partial charge >= 0.3 is 0 Å². The van der Waals surface area contributed by atoms with E-state index in [1.165, 1.54) is 51.4 Å². The van der Waals surface area contributed by atoms with Crippen molar-refractivity contribution in [1.29, 1.82) is 0 Å². The van der Waals surface area contributed by atoms with Crippen LogP contribution in [0.5, 0.6) is 0 Å². The van der Waals surface area contributed by atoms with Gasteiger partial charge in [-0.05, 0) is 107 Å². The molecule has 3 saturated carbocycles. The quantitative estimate of drug-likeness (QED) is 0.360. The van der Waals surface area contributed by atoms with Crippen molar-refractivity contribution < 1.29 is 0 Å². The third-order valence-corrected chi connectivity index (χ3v) is 10.7. The summed E-state index contributed by atoms with van der Waals surface area (Å²) in [4.78, 5) is 0. The molecule has 0 heterocycles. The Bertz CT molecular complexity index is 851. The van der Waals surface area contributed by atoms with Crippen molar-refractivity contribution in [3.05, 3.63) is 60.3 Å². The van der Waals surface area contributed by atoms with E-state index in [0.29, 0.717) is 29.1 Å². The fraction of sp³-hybridized carbons (Fsp3) is 0.706. The zero-order chi connectivity index (χ0) is 24.3. The highest BCUT2D eigenvalue weighted by molar-refractivity contribution is 5.40. The summed E-state index contributed by atoms with van der Waals surface area (Å²) in [7, 11) is 0. The highest BCUT2D eigenvalue weighted by Crippen LogP contribution is 2.68. The molecule has 6 atom stereocenters. The lowest BCUT2D eigenvalue weighted by molar-refractivity contribution is -0.0435. The van der Waals surface area contributed by atoms with Crippen LogP contribution in [0.3, 0.4) is 0 Å². The van der Waals surface area contributed by atoms with Crippen LogP contribution in [0.15, 0.2) is 60.3 Å². The molecule has 0 saturated heterocycles. The van der Waals surface area contributed by atoms with Gasteiger partial charge in [0.1, 0.15) is 0 Å². The molecule has 0 aromatic carbocycles. The minimum Gasteiger partial charge on any atom is -0.103 e. The summed E-state index contributed by atoms with van der Waals surface area (Å²) in [6.07, 6.45) is 29.3. The van der Waals surface area contributed by atoms with E-state index in [1.807, 2.05) is 0 Å². The van der Waals surface area contributed by atoms with E-state index in [-0.39, 0.29) is 10.8 Å². The standard InChI is InChI=1S/C34H50/c1-8-9-11-23-12-13-26(20-23)34(18-10-19-34)31-29-21-24(32(2,3)4)14-16-27(29)28-17-15-25(22-30(28)31)33(5,6)7/h8,14-17,21-23,26-31H,1,9-13,18-20H2,2-7H3. The summed E-state index contributed by atoms with van der Waals surface area (Å²) in [5.74, 6) is 5.48. The van der Waals surface area contributed by atoms with Crippen molar-refractivity contribution in [1.82, 2.24) is 0 Å². The monoisotopic (exact) mass is 458 g/mol. The number of fused-ring (bicyclic) bond motifs is 3. The molecule has 0 bridgehead atoms. The Hall–Kier alpha value is -1.30. The Morgan fingerprint density at radius 3 is 1.85 bits per heavy atom. The molecule has 0 aromatic heterocycles. The van der Waals surface area contributed by atoms with E-state index in [4.69, 9.17) is 0 Å². The molecule has 3 fully saturated rings. The largest absolute Gasteiger partial charge is 0.103 e. The van der Waals surface area contributed by atoms with Crippen molar-refractivity contribution in [2.24, 2.45) is 57.7 Å². The SMILES string of the molecule is C=CCCC1CCC(C2(C3C4C=C(C(C)(C)C)C=CC4C4C=CC(C(C)(C)C)=CC43)CCC2)C1. The molecular weight excluding hydrogens is 408 g/mol. The maximum absolute atomic E-state index is 4.00. The lowest BCUT2D eigenvalue weighted by Crippen LogP contribution is -2.47. The van der Waals surface area contributed by atoms with Crippen LogP contribution in [-0.2, 0) is 0 Å². The van der Waals surface area contributed by atoms with Gasteiger partial charge in [-0.25, -0.2) is 0 Å². The van der Waals surface area contributed by atoms with E-state index in [2.05, 4.69) is 90.7 Å². The van der Waals surface area contributed by atoms with E-state index >= 15 is 0 Å². The van der Waals surface area contributed by atoms with E-state index in [9.17, 15) is 0 Å². The summed E-state index contributed by atoms with van der Waals surface area (Å²) in [5.41, 5.74) is 4.19. The van der Waals surface area contributed by atoms with Crippen LogP contribution >= 0.6 is 0 Å². The van der Waals surface area contributed by atoms with E-state index in [0.717, 1.165) is 17.8 Å². The maximum atomic E-state index is 4.00. The summed E-state index contributed by atoms with van der Waals surface area (Å²) >= 11 is 0. The van der Waals surface area contributed by atoms with Crippen molar-refractivity contribution in [3.63, 3.8) is 0 Å². The molecule has 0 N–H and O–H groups in total. The Balaban J connectivity index is 1.54. The van der Waals surface area contributed by atoms with Crippen LogP contribution in [0.2, 0.25) is 0 Å². The molecule has 5 aliphatic carbocycles. The number of allylic oxidation sites excluding steroid dienone is 9. The normalized spacial score (nSPS) is 38.6. The summed E-state index contributed by atoms with van der Waals surface area (Å²) in [6.45, 7) is 18.4. The first-order valence-electron chi connectivity index (χ1n) is 14.5. The van der Waals surface area contributed by atoms with Crippen LogP contribution in [0.25, 0.3) is 0 Å². The average molecular weight is 459 g/mol. The first kappa shape index (κ1) is 24.4. The summed E-state index contributed by atoms with van der Waals surface area (Å²) in [5, 5.41) is 0. The smallest absolute Gasteiger partial charge is 0.00952 e. The Kier molecular flexibility index (Phi) is 6.22. The van der Waals surface area contributed by atoms with Crippen LogP contribution < -0.4 is 0 Å². The molecule has 0 aromatic rings. The van der Waals surface area contributed by atoms with Gasteiger partial charge in [0.2, 0.25) is 0 Å². The highest BCUT2D eigenvalue weighted by atomic mass is 14.6. The molecule has 6 unspecified atom stereocenters. The highest BCUT2D eigenvalue weighted by Gasteiger charge is 2.61. The Morgan fingerprint density at radius 1 is 0.853 bits per heavy atom. The van der Waals surface area contributed by atoms with Crippen molar-refractivity contribution in [3.8, 4) is 0 Å². The van der Waals surface area contributed by atoms with Gasteiger partial charge in [0, 0.05) is 0 Å². The fourth-order valence-corrected chi connectivity index (χ4v) is 8.72. The van der Waals surface area contributed by atoms with E-state index < -0.39 is 0 Å². The lowest BCUT2D eigenvalue weighted by atomic mass is 9.49. The number of hydrogen-bond acceptors (Lipinski definition) is 0. The zero-order valence-corrected chi connectivity index (χ0v) is 22.9. The number of hydrogen-bond donors (Lipinski definition) is 0. The molecule has 0 heteroatoms. The van der Waals surface area contributed by atoms with E-state index in [1.54, 1.807) is 11.1 Å². The number of rotatable bonds is 5. The van der Waals surface area contributed by atoms with Gasteiger partial charge in [-0.1, -0.05) is 96.9 Å². The maximum Gasteiger partial charge on any atom is -0.00952 e. The second-order valence-electron chi connectivity index (χ2n) is 14.6. The summed E-state index contributed by atoms with van der Waals surface area (Å²) < 4.78 is 0. The molecule has 0 spiro atoms. The average Bonchev–Trinajstić information content (AvgIpc) is 3.33. The Labute approximate surface area is 210 Å². The van der Waals surface area contributed by atoms with Gasteiger partial charge in [-0.15, -0.1) is 6.58 Å². The molecule has 186 valence electrons. The second kappa shape index (κ2) is 8.67. The predicted molar refractivity (Wildman–Crippen MR) is 147 cm³/mol. The molecule has 5 rings (SSSR count). The minimum atomic E-state index is 0.234. The second-order valence-corrected chi connectivity index (χ2v) is 14.6. The molecular formula is C34H50. The van der Waals surface area contributed by atoms with Crippen molar-refractivity contribution in [2.75, 3.05) is 0 Å². The molecule has 0 nitrogen and oxygen atoms in total. The third kappa shape index (κ3) is 4.06. The molecule has 0 radical (unpaired) electrons. The van der Waals surface area contributed by atoms with Crippen molar-refractivity contribution >= 4 is 0 Å². The van der Waals surface area contributed by atoms with Gasteiger partial charge in [-0.2, -0.15) is 0 Å². The van der Waals surface area contributed by atoms with Gasteiger partial charge in [0.25, 0.3) is 0 Å². The van der Waals surface area contributed by atoms with Crippen LogP contribution in [-0.4, -0.2) is 0 Å². The van der Waals surface area contributed by atoms with Crippen LogP contribution in [0.4, 0.5) is 0 Å². The Morgan fingerprint density at radius 2 is 1.41 bits per heavy atom. The lowest BCUT2D eigenvalue weighted by Gasteiger charge is -2.55. The van der Waals surface area contributed by atoms with Gasteiger partial charge in [0.15, 0.2) is 0 Å². The molecule has 5 aliphatic rings. The zero-order valence-electron chi connectivity index (χ0n) is 22.9. The minimum absolute atomic E-state index is 0.234. The van der Waals surface area contributed by atoms with Crippen LogP contribution in [0, 0.1) is 57.7 Å². The third-order valence-electron chi connectivity index (χ3n) is 10.7. The first-order chi connectivity index (χ1) is 16.0. The van der Waals surface area contributed by atoms with Crippen molar-refractivity contribution in [2.45, 2.75) is 92.9 Å². The summed E-state index contributed by atoms with van der Waals surface area (Å²) in [6, 6.07) is 0. The predicted octanol–water partition coefficient (Wildman–Crippen LogP) is 9.72. The van der Waals surface area contributed by atoms with Crippen LogP contribution in [0.1, 0.15) is 92.9 Å². The van der Waals surface area contributed by atoms with Gasteiger partial charge < -0.3 is 0 Å².